The summed E-state index contributed by atoms with van der Waals surface area (Å²) in [5.41, 5.74) is -0.0673. The number of rotatable bonds is 4. The van der Waals surface area contributed by atoms with E-state index in [9.17, 15) is 13.2 Å². The van der Waals surface area contributed by atoms with E-state index < -0.39 is 11.7 Å². The van der Waals surface area contributed by atoms with Crippen molar-refractivity contribution in [1.29, 1.82) is 0 Å². The van der Waals surface area contributed by atoms with Crippen molar-refractivity contribution < 1.29 is 13.2 Å². The molecule has 0 atom stereocenters. The molecule has 2 aromatic rings. The lowest BCUT2D eigenvalue weighted by atomic mass is 10.1. The Hall–Kier alpha value is -1.95. The fraction of sp³-hybridized carbons (Fsp3) is 0.154. The van der Waals surface area contributed by atoms with Crippen molar-refractivity contribution >= 4 is 23.5 Å². The Kier molecular flexibility index (Phi) is 4.04. The molecule has 0 spiro atoms. The molecule has 0 saturated heterocycles. The summed E-state index contributed by atoms with van der Waals surface area (Å²) < 4.78 is 40.1. The maximum atomic E-state index is 12.9. The van der Waals surface area contributed by atoms with E-state index >= 15 is 0 Å². The molecule has 1 heterocycles. The number of hydrogen-bond acceptors (Lipinski definition) is 2. The molecule has 20 heavy (non-hydrogen) atoms. The van der Waals surface area contributed by atoms with Gasteiger partial charge in [-0.1, -0.05) is 18.2 Å². The second-order valence-corrected chi connectivity index (χ2v) is 4.49. The molecule has 0 saturated carbocycles. The summed E-state index contributed by atoms with van der Waals surface area (Å²) in [4.78, 5) is 0. The van der Waals surface area contributed by atoms with Crippen LogP contribution in [-0.2, 0) is 12.7 Å². The van der Waals surface area contributed by atoms with Crippen molar-refractivity contribution in [1.82, 2.24) is 9.78 Å². The zero-order valence-corrected chi connectivity index (χ0v) is 11.0. The third-order valence-corrected chi connectivity index (χ3v) is 2.85. The molecule has 0 fully saturated rings. The summed E-state index contributed by atoms with van der Waals surface area (Å²) >= 11 is 5.61. The average molecular weight is 302 g/mol. The number of anilines is 1. The molecule has 3 nitrogen and oxygen atoms in total. The largest absolute Gasteiger partial charge is 0.418 e. The Morgan fingerprint density at radius 2 is 2.15 bits per heavy atom. The Balaban J connectivity index is 2.19. The van der Waals surface area contributed by atoms with Crippen LogP contribution in [0.2, 0.25) is 5.02 Å². The minimum Gasteiger partial charge on any atom is -0.380 e. The number of halogens is 4. The third kappa shape index (κ3) is 3.33. The Bertz CT molecular complexity index is 620. The first-order valence-corrected chi connectivity index (χ1v) is 6.04. The average Bonchev–Trinajstić information content (AvgIpc) is 2.84. The molecule has 1 N–H and O–H groups in total. The summed E-state index contributed by atoms with van der Waals surface area (Å²) in [5.74, 6) is 0. The molecular formula is C13H11ClF3N3. The van der Waals surface area contributed by atoms with Gasteiger partial charge in [0.05, 0.1) is 11.8 Å². The van der Waals surface area contributed by atoms with Gasteiger partial charge < -0.3 is 5.32 Å². The summed E-state index contributed by atoms with van der Waals surface area (Å²) in [6, 6.07) is 3.62. The van der Waals surface area contributed by atoms with Gasteiger partial charge in [-0.05, 0) is 18.2 Å². The van der Waals surface area contributed by atoms with Crippen LogP contribution in [0.5, 0.6) is 0 Å². The minimum absolute atomic E-state index is 0.0201. The van der Waals surface area contributed by atoms with Crippen LogP contribution in [0.3, 0.4) is 0 Å². The Labute approximate surface area is 118 Å². The van der Waals surface area contributed by atoms with Crippen molar-refractivity contribution in [2.45, 2.75) is 12.7 Å². The summed E-state index contributed by atoms with van der Waals surface area (Å²) in [5, 5.41) is 6.73. The number of aromatic nitrogens is 2. The van der Waals surface area contributed by atoms with Gasteiger partial charge in [0.1, 0.15) is 0 Å². The van der Waals surface area contributed by atoms with Crippen LogP contribution in [0.15, 0.2) is 37.2 Å². The highest BCUT2D eigenvalue weighted by Gasteiger charge is 2.33. The molecule has 0 aliphatic heterocycles. The molecular weight excluding hydrogens is 291 g/mol. The molecule has 1 aromatic heterocycles. The molecule has 0 unspecified atom stereocenters. The van der Waals surface area contributed by atoms with Gasteiger partial charge in [0.25, 0.3) is 0 Å². The van der Waals surface area contributed by atoms with E-state index in [-0.39, 0.29) is 17.3 Å². The van der Waals surface area contributed by atoms with E-state index in [2.05, 4.69) is 17.0 Å². The maximum Gasteiger partial charge on any atom is 0.418 e. The zero-order chi connectivity index (χ0) is 14.8. The minimum atomic E-state index is -4.46. The van der Waals surface area contributed by atoms with E-state index in [0.29, 0.717) is 0 Å². The van der Waals surface area contributed by atoms with E-state index in [1.807, 2.05) is 0 Å². The Morgan fingerprint density at radius 3 is 2.75 bits per heavy atom. The highest BCUT2D eigenvalue weighted by Crippen LogP contribution is 2.36. The second kappa shape index (κ2) is 5.58. The maximum absolute atomic E-state index is 12.9. The predicted molar refractivity (Wildman–Crippen MR) is 72.4 cm³/mol. The lowest BCUT2D eigenvalue weighted by molar-refractivity contribution is -0.136. The van der Waals surface area contributed by atoms with Gasteiger partial charge in [-0.15, -0.1) is 0 Å². The first-order valence-electron chi connectivity index (χ1n) is 5.66. The van der Waals surface area contributed by atoms with Crippen LogP contribution in [0.25, 0.3) is 6.20 Å². The van der Waals surface area contributed by atoms with E-state index in [0.717, 1.165) is 11.6 Å². The molecule has 0 aliphatic rings. The van der Waals surface area contributed by atoms with Crippen LogP contribution in [0.4, 0.5) is 18.9 Å². The van der Waals surface area contributed by atoms with Crippen molar-refractivity contribution in [3.63, 3.8) is 0 Å². The molecule has 0 bridgehead atoms. The monoisotopic (exact) mass is 301 g/mol. The molecule has 0 radical (unpaired) electrons. The number of nitrogens with one attached hydrogen (secondary N) is 1. The second-order valence-electron chi connectivity index (χ2n) is 4.05. The van der Waals surface area contributed by atoms with Gasteiger partial charge in [0, 0.05) is 35.2 Å². The highest BCUT2D eigenvalue weighted by molar-refractivity contribution is 6.30. The van der Waals surface area contributed by atoms with E-state index in [4.69, 9.17) is 11.6 Å². The molecule has 1 aromatic carbocycles. The van der Waals surface area contributed by atoms with Crippen molar-refractivity contribution in [3.05, 3.63) is 53.3 Å². The summed E-state index contributed by atoms with van der Waals surface area (Å²) in [6.45, 7) is 3.76. The number of hydrogen-bond donors (Lipinski definition) is 1. The molecule has 7 heteroatoms. The lowest BCUT2D eigenvalue weighted by Crippen LogP contribution is -2.10. The van der Waals surface area contributed by atoms with Crippen molar-refractivity contribution in [2.75, 3.05) is 5.32 Å². The Morgan fingerprint density at radius 1 is 1.40 bits per heavy atom. The van der Waals surface area contributed by atoms with E-state index in [1.165, 1.54) is 23.0 Å². The quantitative estimate of drug-likeness (QED) is 0.914. The zero-order valence-electron chi connectivity index (χ0n) is 10.3. The number of benzene rings is 1. The predicted octanol–water partition coefficient (Wildman–Crippen LogP) is 4.27. The van der Waals surface area contributed by atoms with Gasteiger partial charge in [-0.3, -0.25) is 0 Å². The van der Waals surface area contributed by atoms with Crippen LogP contribution in [0.1, 0.15) is 11.1 Å². The van der Waals surface area contributed by atoms with Crippen LogP contribution in [0, 0.1) is 0 Å². The van der Waals surface area contributed by atoms with Gasteiger partial charge in [0.15, 0.2) is 0 Å². The van der Waals surface area contributed by atoms with Crippen LogP contribution in [-0.4, -0.2) is 9.78 Å². The first kappa shape index (κ1) is 14.5. The fourth-order valence-corrected chi connectivity index (χ4v) is 1.84. The van der Waals surface area contributed by atoms with E-state index in [1.54, 1.807) is 12.4 Å². The van der Waals surface area contributed by atoms with Crippen molar-refractivity contribution in [3.8, 4) is 0 Å². The molecule has 0 amide bonds. The molecule has 2 rings (SSSR count). The normalized spacial score (nSPS) is 11.4. The first-order chi connectivity index (χ1) is 9.40. The van der Waals surface area contributed by atoms with Crippen LogP contribution >= 0.6 is 11.6 Å². The summed E-state index contributed by atoms with van der Waals surface area (Å²) in [7, 11) is 0. The number of alkyl halides is 3. The van der Waals surface area contributed by atoms with Gasteiger partial charge in [0.2, 0.25) is 0 Å². The third-order valence-electron chi connectivity index (χ3n) is 2.61. The topological polar surface area (TPSA) is 29.9 Å². The SMILES string of the molecule is C=Cn1cc(CNc2ccc(Cl)cc2C(F)(F)F)cn1. The molecule has 0 aliphatic carbocycles. The van der Waals surface area contributed by atoms with Crippen LogP contribution < -0.4 is 5.32 Å². The molecule has 106 valence electrons. The number of nitrogens with zero attached hydrogens (tertiary/aromatic N) is 2. The fourth-order valence-electron chi connectivity index (χ4n) is 1.67. The van der Waals surface area contributed by atoms with Gasteiger partial charge >= 0.3 is 6.18 Å². The smallest absolute Gasteiger partial charge is 0.380 e. The summed E-state index contributed by atoms with van der Waals surface area (Å²) in [6.07, 6.45) is 0.256. The van der Waals surface area contributed by atoms with Crippen molar-refractivity contribution in [2.24, 2.45) is 0 Å². The highest BCUT2D eigenvalue weighted by atomic mass is 35.5. The standard InChI is InChI=1S/C13H11ClF3N3/c1-2-20-8-9(7-19-20)6-18-12-4-3-10(14)5-11(12)13(15,16)17/h2-5,7-8,18H,1,6H2. The van der Waals surface area contributed by atoms with Gasteiger partial charge in [-0.25, -0.2) is 4.68 Å². The lowest BCUT2D eigenvalue weighted by Gasteiger charge is -2.14. The van der Waals surface area contributed by atoms with Gasteiger partial charge in [-0.2, -0.15) is 18.3 Å².